The monoisotopic (exact) mass is 279 g/mol. The number of nitrogens with two attached hydrogens (primary N) is 1. The van der Waals surface area contributed by atoms with E-state index in [1.807, 2.05) is 0 Å². The molecule has 0 heterocycles. The zero-order valence-electron chi connectivity index (χ0n) is 9.47. The summed E-state index contributed by atoms with van der Waals surface area (Å²) in [4.78, 5) is 42.7. The molecule has 0 aromatic rings. The van der Waals surface area contributed by atoms with Crippen LogP contribution in [0, 0.1) is 0 Å². The second kappa shape index (κ2) is 7.37. The van der Waals surface area contributed by atoms with Crippen LogP contribution >= 0.6 is 0 Å². The van der Waals surface area contributed by atoms with E-state index in [-0.39, 0.29) is 0 Å². The predicted octanol–water partition coefficient (Wildman–Crippen LogP) is -2.48. The molecule has 0 aromatic carbocycles. The van der Waals surface area contributed by atoms with Crippen molar-refractivity contribution < 1.29 is 28.5 Å². The fourth-order valence-electron chi connectivity index (χ4n) is 0.985. The van der Waals surface area contributed by atoms with Crippen molar-refractivity contribution in [2.24, 2.45) is 5.73 Å². The van der Waals surface area contributed by atoms with Gasteiger partial charge in [-0.05, 0) is 0 Å². The van der Waals surface area contributed by atoms with E-state index < -0.39 is 52.2 Å². The van der Waals surface area contributed by atoms with Crippen LogP contribution in [0.5, 0.6) is 0 Å². The van der Waals surface area contributed by atoms with E-state index in [0.29, 0.717) is 0 Å². The second-order valence-electron chi connectivity index (χ2n) is 3.25. The Balaban J connectivity index is 4.34. The lowest BCUT2D eigenvalue weighted by Gasteiger charge is -2.12. The molecule has 0 aliphatic carbocycles. The summed E-state index contributed by atoms with van der Waals surface area (Å²) >= 11 is 0. The van der Waals surface area contributed by atoms with E-state index in [4.69, 9.17) is 5.11 Å². The van der Waals surface area contributed by atoms with Crippen LogP contribution < -0.4 is 16.4 Å². The van der Waals surface area contributed by atoms with Crippen molar-refractivity contribution in [3.63, 3.8) is 0 Å². The zero-order chi connectivity index (χ0) is 14.3. The maximum Gasteiger partial charge on any atom is 0.327 e. The number of hydrogen-bond acceptors (Lipinski definition) is 5. The van der Waals surface area contributed by atoms with E-state index in [1.165, 1.54) is 0 Å². The second-order valence-corrected chi connectivity index (χ2v) is 4.76. The number of urea groups is 1. The molecule has 4 amide bonds. The van der Waals surface area contributed by atoms with Gasteiger partial charge in [0.1, 0.15) is 11.8 Å². The third-order valence-corrected chi connectivity index (χ3v) is 2.87. The lowest BCUT2D eigenvalue weighted by Crippen LogP contribution is -2.45. The van der Waals surface area contributed by atoms with Gasteiger partial charge in [-0.3, -0.25) is 19.1 Å². The van der Waals surface area contributed by atoms with Crippen molar-refractivity contribution in [2.75, 3.05) is 11.5 Å². The first-order valence-corrected chi connectivity index (χ1v) is 6.15. The van der Waals surface area contributed by atoms with Gasteiger partial charge in [-0.1, -0.05) is 0 Å². The Bertz CT molecular complexity index is 396. The summed E-state index contributed by atoms with van der Waals surface area (Å²) < 4.78 is 11.4. The number of carboxylic acids is 1. The molecular formula is C8H13N3O6S. The third-order valence-electron chi connectivity index (χ3n) is 1.58. The molecule has 0 aromatic heterocycles. The lowest BCUT2D eigenvalue weighted by molar-refractivity contribution is -0.140. The standard InChI is InChI=1S/C8H13N3O6S/c1-4(12)10-5(7(14)15)2-18(17)3-6(13)11-8(9)16/h5H,2-3H2,1H3,(H,10,12)(H,14,15)(H3,9,11,13,16)/t5-,18?/m0/s1. The molecule has 102 valence electrons. The molecule has 1 unspecified atom stereocenters. The molecule has 0 saturated heterocycles. The lowest BCUT2D eigenvalue weighted by atomic mass is 10.3. The molecule has 0 fully saturated rings. The van der Waals surface area contributed by atoms with Gasteiger partial charge in [-0.25, -0.2) is 9.59 Å². The Morgan fingerprint density at radius 3 is 2.28 bits per heavy atom. The van der Waals surface area contributed by atoms with Crippen molar-refractivity contribution in [3.05, 3.63) is 0 Å². The number of carbonyl (C=O) groups is 4. The Morgan fingerprint density at radius 2 is 1.89 bits per heavy atom. The van der Waals surface area contributed by atoms with Crippen LogP contribution in [0.15, 0.2) is 0 Å². The molecule has 0 saturated carbocycles. The first kappa shape index (κ1) is 16.0. The van der Waals surface area contributed by atoms with Gasteiger partial charge >= 0.3 is 12.0 Å². The van der Waals surface area contributed by atoms with Crippen LogP contribution in [-0.2, 0) is 25.2 Å². The van der Waals surface area contributed by atoms with Gasteiger partial charge < -0.3 is 16.2 Å². The molecule has 0 bridgehead atoms. The largest absolute Gasteiger partial charge is 0.480 e. The van der Waals surface area contributed by atoms with E-state index in [9.17, 15) is 23.4 Å². The van der Waals surface area contributed by atoms with E-state index in [2.05, 4.69) is 11.1 Å². The molecule has 0 spiro atoms. The smallest absolute Gasteiger partial charge is 0.327 e. The highest BCUT2D eigenvalue weighted by atomic mass is 32.2. The maximum atomic E-state index is 11.4. The van der Waals surface area contributed by atoms with E-state index >= 15 is 0 Å². The Kier molecular flexibility index (Phi) is 6.57. The highest BCUT2D eigenvalue weighted by Gasteiger charge is 2.22. The summed E-state index contributed by atoms with van der Waals surface area (Å²) in [7, 11) is -1.85. The van der Waals surface area contributed by atoms with Crippen molar-refractivity contribution in [1.29, 1.82) is 0 Å². The summed E-state index contributed by atoms with van der Waals surface area (Å²) in [5.74, 6) is -3.87. The van der Waals surface area contributed by atoms with Crippen LogP contribution in [0.4, 0.5) is 4.79 Å². The average Bonchev–Trinajstić information content (AvgIpc) is 2.13. The van der Waals surface area contributed by atoms with Crippen LogP contribution in [0.2, 0.25) is 0 Å². The molecule has 10 heteroatoms. The quantitative estimate of drug-likeness (QED) is 0.422. The predicted molar refractivity (Wildman–Crippen MR) is 60.8 cm³/mol. The molecule has 0 rings (SSSR count). The summed E-state index contributed by atoms with van der Waals surface area (Å²) in [6.45, 7) is 1.11. The topological polar surface area (TPSA) is 156 Å². The van der Waals surface area contributed by atoms with Crippen molar-refractivity contribution in [2.45, 2.75) is 13.0 Å². The number of imide groups is 1. The Hall–Kier alpha value is -1.97. The van der Waals surface area contributed by atoms with Gasteiger partial charge in [0.15, 0.2) is 0 Å². The number of carboxylic acid groups (broad SMARTS) is 1. The first-order chi connectivity index (χ1) is 8.22. The number of hydrogen-bond donors (Lipinski definition) is 4. The molecule has 18 heavy (non-hydrogen) atoms. The number of aliphatic carboxylic acids is 1. The van der Waals surface area contributed by atoms with E-state index in [1.54, 1.807) is 5.32 Å². The minimum Gasteiger partial charge on any atom is -0.480 e. The zero-order valence-corrected chi connectivity index (χ0v) is 10.3. The van der Waals surface area contributed by atoms with Crippen molar-refractivity contribution >= 4 is 34.6 Å². The Labute approximate surface area is 105 Å². The summed E-state index contributed by atoms with van der Waals surface area (Å²) in [5, 5.41) is 12.5. The summed E-state index contributed by atoms with van der Waals surface area (Å²) in [6.07, 6.45) is 0. The Morgan fingerprint density at radius 1 is 1.33 bits per heavy atom. The van der Waals surface area contributed by atoms with Crippen molar-refractivity contribution in [3.8, 4) is 0 Å². The van der Waals surface area contributed by atoms with Crippen LogP contribution in [-0.4, -0.2) is 50.7 Å². The fraction of sp³-hybridized carbons (Fsp3) is 0.500. The normalized spacial score (nSPS) is 13.2. The summed E-state index contributed by atoms with van der Waals surface area (Å²) in [5.41, 5.74) is 4.66. The molecule has 0 radical (unpaired) electrons. The van der Waals surface area contributed by atoms with Gasteiger partial charge in [-0.15, -0.1) is 0 Å². The van der Waals surface area contributed by atoms with Crippen LogP contribution in [0.3, 0.4) is 0 Å². The number of carbonyl (C=O) groups excluding carboxylic acids is 3. The van der Waals surface area contributed by atoms with Gasteiger partial charge in [0, 0.05) is 17.7 Å². The minimum absolute atomic E-state index is 0.443. The maximum absolute atomic E-state index is 11.4. The number of nitrogens with one attached hydrogen (secondary N) is 2. The van der Waals surface area contributed by atoms with Gasteiger partial charge in [-0.2, -0.15) is 0 Å². The van der Waals surface area contributed by atoms with Crippen LogP contribution in [0.1, 0.15) is 6.92 Å². The summed E-state index contributed by atoms with van der Waals surface area (Å²) in [6, 6.07) is -2.45. The van der Waals surface area contributed by atoms with Crippen molar-refractivity contribution in [1.82, 2.24) is 10.6 Å². The van der Waals surface area contributed by atoms with E-state index in [0.717, 1.165) is 6.92 Å². The number of rotatable bonds is 6. The minimum atomic E-state index is -1.85. The molecule has 0 aliphatic rings. The fourth-order valence-corrected chi connectivity index (χ4v) is 2.06. The highest BCUT2D eigenvalue weighted by molar-refractivity contribution is 7.85. The van der Waals surface area contributed by atoms with Gasteiger partial charge in [0.25, 0.3) is 0 Å². The number of amides is 4. The molecule has 0 aliphatic heterocycles. The molecular weight excluding hydrogens is 266 g/mol. The average molecular weight is 279 g/mol. The first-order valence-electron chi connectivity index (χ1n) is 4.66. The van der Waals surface area contributed by atoms with Gasteiger partial charge in [0.2, 0.25) is 11.8 Å². The molecule has 5 N–H and O–H groups in total. The molecule has 9 nitrogen and oxygen atoms in total. The molecule has 2 atom stereocenters. The third kappa shape index (κ3) is 7.33. The SMILES string of the molecule is CC(=O)N[C@@H](CS(=O)CC(=O)NC(N)=O)C(=O)O. The number of primary amides is 1. The van der Waals surface area contributed by atoms with Gasteiger partial charge in [0.05, 0.1) is 5.75 Å². The highest BCUT2D eigenvalue weighted by Crippen LogP contribution is 1.92. The van der Waals surface area contributed by atoms with Crippen LogP contribution in [0.25, 0.3) is 0 Å².